The van der Waals surface area contributed by atoms with E-state index in [9.17, 15) is 9.59 Å². The zero-order chi connectivity index (χ0) is 19.6. The van der Waals surface area contributed by atoms with Gasteiger partial charge in [0.05, 0.1) is 11.6 Å². The summed E-state index contributed by atoms with van der Waals surface area (Å²) in [6.45, 7) is 3.96. The minimum Gasteiger partial charge on any atom is -0.272 e. The first kappa shape index (κ1) is 19.5. The molecule has 0 bridgehead atoms. The maximum Gasteiger partial charge on any atom is 0.270 e. The van der Waals surface area contributed by atoms with Crippen LogP contribution in [0.2, 0.25) is 0 Å². The second-order valence-electron chi connectivity index (χ2n) is 7.10. The summed E-state index contributed by atoms with van der Waals surface area (Å²) in [6, 6.07) is 17.8. The second-order valence-corrected chi connectivity index (χ2v) is 8.11. The Balaban J connectivity index is 1.88. The van der Waals surface area contributed by atoms with Gasteiger partial charge in [0.1, 0.15) is 4.49 Å². The van der Waals surface area contributed by atoms with E-state index in [0.29, 0.717) is 11.3 Å². The molecule has 1 aliphatic carbocycles. The Morgan fingerprint density at radius 1 is 1.00 bits per heavy atom. The average Bonchev–Trinajstić information content (AvgIpc) is 3.19. The molecular formula is C21H20Cl2N2O2. The van der Waals surface area contributed by atoms with Gasteiger partial charge in [-0.3, -0.25) is 15.0 Å². The van der Waals surface area contributed by atoms with Crippen molar-refractivity contribution in [1.29, 1.82) is 0 Å². The monoisotopic (exact) mass is 402 g/mol. The third kappa shape index (κ3) is 4.18. The molecule has 6 heteroatoms. The summed E-state index contributed by atoms with van der Waals surface area (Å²) in [5, 5.41) is 1.32. The Morgan fingerprint density at radius 2 is 1.56 bits per heavy atom. The zero-order valence-electron chi connectivity index (χ0n) is 15.0. The van der Waals surface area contributed by atoms with Crippen LogP contribution in [0.1, 0.15) is 24.2 Å². The summed E-state index contributed by atoms with van der Waals surface area (Å²) in [5.74, 6) is -0.976. The fourth-order valence-corrected chi connectivity index (χ4v) is 3.59. The van der Waals surface area contributed by atoms with Crippen molar-refractivity contribution >= 4 is 40.7 Å². The lowest BCUT2D eigenvalue weighted by Crippen LogP contribution is -2.48. The maximum absolute atomic E-state index is 13.3. The summed E-state index contributed by atoms with van der Waals surface area (Å²) in [6.07, 6.45) is 1.69. The molecule has 1 N–H and O–H groups in total. The van der Waals surface area contributed by atoms with E-state index in [2.05, 4.69) is 5.43 Å². The number of hydrazine groups is 1. The minimum absolute atomic E-state index is 0.0881. The van der Waals surface area contributed by atoms with Gasteiger partial charge in [-0.15, -0.1) is 0 Å². The van der Waals surface area contributed by atoms with E-state index in [-0.39, 0.29) is 33.6 Å². The smallest absolute Gasteiger partial charge is 0.270 e. The number of halogens is 2. The third-order valence-corrected chi connectivity index (χ3v) is 5.22. The predicted octanol–water partition coefficient (Wildman–Crippen LogP) is 4.96. The zero-order valence-corrected chi connectivity index (χ0v) is 16.5. The van der Waals surface area contributed by atoms with Crippen LogP contribution in [0.25, 0.3) is 0 Å². The Hall–Kier alpha value is -2.30. The largest absolute Gasteiger partial charge is 0.272 e. The molecule has 0 aromatic heterocycles. The van der Waals surface area contributed by atoms with Gasteiger partial charge in [0, 0.05) is 5.56 Å². The molecule has 2 amide bonds. The van der Waals surface area contributed by atoms with E-state index in [1.54, 1.807) is 42.5 Å². The van der Waals surface area contributed by atoms with Crippen molar-refractivity contribution in [2.24, 2.45) is 17.3 Å². The summed E-state index contributed by atoms with van der Waals surface area (Å²) in [5.41, 5.74) is 3.51. The minimum atomic E-state index is -0.353. The summed E-state index contributed by atoms with van der Waals surface area (Å²) in [4.78, 5) is 25.9. The summed E-state index contributed by atoms with van der Waals surface area (Å²) in [7, 11) is 0. The molecule has 2 aromatic carbocycles. The van der Waals surface area contributed by atoms with Gasteiger partial charge in [-0.25, -0.2) is 5.01 Å². The molecule has 2 unspecified atom stereocenters. The van der Waals surface area contributed by atoms with Gasteiger partial charge in [-0.2, -0.15) is 0 Å². The molecule has 0 heterocycles. The normalized spacial score (nSPS) is 19.7. The van der Waals surface area contributed by atoms with E-state index >= 15 is 0 Å². The van der Waals surface area contributed by atoms with E-state index < -0.39 is 0 Å². The van der Waals surface area contributed by atoms with Crippen LogP contribution < -0.4 is 10.4 Å². The van der Waals surface area contributed by atoms with Crippen molar-refractivity contribution < 1.29 is 9.59 Å². The van der Waals surface area contributed by atoms with Gasteiger partial charge < -0.3 is 0 Å². The lowest BCUT2D eigenvalue weighted by atomic mass is 10.1. The highest BCUT2D eigenvalue weighted by molar-refractivity contribution is 6.55. The molecule has 1 aliphatic rings. The molecule has 3 rings (SSSR count). The van der Waals surface area contributed by atoms with Crippen molar-refractivity contribution in [3.8, 4) is 0 Å². The topological polar surface area (TPSA) is 49.4 Å². The Morgan fingerprint density at radius 3 is 2.11 bits per heavy atom. The molecule has 0 spiro atoms. The van der Waals surface area contributed by atoms with Crippen LogP contribution in [0.4, 0.5) is 5.69 Å². The van der Waals surface area contributed by atoms with Crippen molar-refractivity contribution in [2.75, 3.05) is 5.01 Å². The number of hydrogen-bond donors (Lipinski definition) is 1. The highest BCUT2D eigenvalue weighted by Crippen LogP contribution is 2.60. The van der Waals surface area contributed by atoms with E-state index in [1.165, 1.54) is 5.01 Å². The molecule has 1 saturated carbocycles. The number of carbonyl (C=O) groups excluding carboxylic acids is 2. The number of benzene rings is 2. The fraction of sp³-hybridized carbons (Fsp3) is 0.238. The standard InChI is InChI=1S/C21H20Cl2N2O2/c1-21(2)16(13-17(22)23)18(21)20(27)25(15-11-7-4-8-12-15)24-19(26)14-9-5-3-6-10-14/h3-13,16,18H,1-2H3,(H,24,26). The molecule has 0 saturated heterocycles. The molecule has 0 aliphatic heterocycles. The van der Waals surface area contributed by atoms with E-state index in [1.807, 2.05) is 38.1 Å². The quantitative estimate of drug-likeness (QED) is 0.734. The van der Waals surface area contributed by atoms with E-state index in [0.717, 1.165) is 0 Å². The van der Waals surface area contributed by atoms with Crippen LogP contribution in [0.3, 0.4) is 0 Å². The molecule has 2 atom stereocenters. The van der Waals surface area contributed by atoms with Gasteiger partial charge in [-0.1, -0.05) is 73.4 Å². The lowest BCUT2D eigenvalue weighted by Gasteiger charge is -2.24. The Labute approximate surface area is 168 Å². The first-order chi connectivity index (χ1) is 12.8. The molecule has 0 radical (unpaired) electrons. The number of carbonyl (C=O) groups is 2. The molecule has 2 aromatic rings. The van der Waals surface area contributed by atoms with Gasteiger partial charge in [0.15, 0.2) is 0 Å². The third-order valence-electron chi connectivity index (χ3n) is 4.97. The summed E-state index contributed by atoms with van der Waals surface area (Å²) < 4.78 is 0.142. The van der Waals surface area contributed by atoms with Gasteiger partial charge in [0.2, 0.25) is 5.91 Å². The number of allylic oxidation sites excluding steroid dienone is 1. The van der Waals surface area contributed by atoms with Crippen LogP contribution in [-0.2, 0) is 4.79 Å². The summed E-state index contributed by atoms with van der Waals surface area (Å²) >= 11 is 11.6. The van der Waals surface area contributed by atoms with Crippen LogP contribution in [-0.4, -0.2) is 11.8 Å². The van der Waals surface area contributed by atoms with Crippen LogP contribution in [0.15, 0.2) is 71.2 Å². The second kappa shape index (κ2) is 7.75. The van der Waals surface area contributed by atoms with E-state index in [4.69, 9.17) is 23.2 Å². The highest BCUT2D eigenvalue weighted by atomic mass is 35.5. The number of para-hydroxylation sites is 1. The molecule has 4 nitrogen and oxygen atoms in total. The predicted molar refractivity (Wildman–Crippen MR) is 108 cm³/mol. The fourth-order valence-electron chi connectivity index (χ4n) is 3.31. The van der Waals surface area contributed by atoms with Crippen LogP contribution in [0, 0.1) is 17.3 Å². The van der Waals surface area contributed by atoms with Crippen molar-refractivity contribution in [2.45, 2.75) is 13.8 Å². The SMILES string of the molecule is CC1(C)C(C=C(Cl)Cl)C1C(=O)N(NC(=O)c1ccccc1)c1ccccc1. The van der Waals surface area contributed by atoms with Crippen molar-refractivity contribution in [3.05, 3.63) is 76.8 Å². The van der Waals surface area contributed by atoms with Crippen molar-refractivity contribution in [3.63, 3.8) is 0 Å². The molecule has 1 fully saturated rings. The number of amides is 2. The molecular weight excluding hydrogens is 383 g/mol. The Bertz CT molecular complexity index is 862. The Kier molecular flexibility index (Phi) is 5.59. The van der Waals surface area contributed by atoms with Gasteiger partial charge in [0.25, 0.3) is 5.91 Å². The van der Waals surface area contributed by atoms with Crippen molar-refractivity contribution in [1.82, 2.24) is 5.43 Å². The number of nitrogens with one attached hydrogen (secondary N) is 1. The molecule has 140 valence electrons. The first-order valence-corrected chi connectivity index (χ1v) is 9.36. The highest BCUT2D eigenvalue weighted by Gasteiger charge is 2.62. The number of anilines is 1. The van der Waals surface area contributed by atoms with Gasteiger partial charge >= 0.3 is 0 Å². The maximum atomic E-state index is 13.3. The number of hydrogen-bond acceptors (Lipinski definition) is 2. The van der Waals surface area contributed by atoms with Crippen LogP contribution >= 0.6 is 23.2 Å². The van der Waals surface area contributed by atoms with Crippen LogP contribution in [0.5, 0.6) is 0 Å². The average molecular weight is 403 g/mol. The molecule has 27 heavy (non-hydrogen) atoms. The van der Waals surface area contributed by atoms with Gasteiger partial charge in [-0.05, 0) is 41.7 Å². The lowest BCUT2D eigenvalue weighted by molar-refractivity contribution is -0.121. The first-order valence-electron chi connectivity index (χ1n) is 8.60. The number of rotatable bonds is 4. The number of nitrogens with zero attached hydrogens (tertiary/aromatic N) is 1.